The molecule has 3 aromatic heterocycles. The number of aryl methyl sites for hydroxylation is 1. The average molecular weight is 448 g/mol. The average Bonchev–Trinajstić information content (AvgIpc) is 3.40. The van der Waals surface area contributed by atoms with Crippen molar-refractivity contribution in [3.05, 3.63) is 87.8 Å². The summed E-state index contributed by atoms with van der Waals surface area (Å²) in [4.78, 5) is 33.4. The predicted octanol–water partition coefficient (Wildman–Crippen LogP) is 3.88. The van der Waals surface area contributed by atoms with Crippen molar-refractivity contribution in [2.45, 2.75) is 26.9 Å². The standard InChI is InChI=1S/C23H21N5O3S/c1-15-6-8-17(9-7-15)26-21(29)11-22-27-18(14-32-22)13-31-23(30)19-12-25-28(16(19)2)20-5-3-4-10-24-20/h3-10,12,14H,11,13H2,1-2H3,(H,26,29). The van der Waals surface area contributed by atoms with Gasteiger partial charge in [0.05, 0.1) is 24.0 Å². The van der Waals surface area contributed by atoms with Crippen LogP contribution in [0.4, 0.5) is 5.69 Å². The van der Waals surface area contributed by atoms with E-state index < -0.39 is 5.97 Å². The first-order valence-electron chi connectivity index (χ1n) is 9.92. The molecule has 3 heterocycles. The zero-order valence-electron chi connectivity index (χ0n) is 17.6. The predicted molar refractivity (Wildman–Crippen MR) is 121 cm³/mol. The Bertz CT molecular complexity index is 1230. The van der Waals surface area contributed by atoms with Crippen LogP contribution in [-0.2, 0) is 22.6 Å². The fraction of sp³-hybridized carbons (Fsp3) is 0.174. The summed E-state index contributed by atoms with van der Waals surface area (Å²) in [6.07, 6.45) is 3.28. The van der Waals surface area contributed by atoms with Gasteiger partial charge in [0.15, 0.2) is 5.82 Å². The van der Waals surface area contributed by atoms with E-state index in [2.05, 4.69) is 20.4 Å². The number of thiazole rings is 1. The first kappa shape index (κ1) is 21.4. The molecule has 4 rings (SSSR count). The maximum atomic E-state index is 12.5. The number of anilines is 1. The smallest absolute Gasteiger partial charge is 0.342 e. The second-order valence-electron chi connectivity index (χ2n) is 7.14. The van der Waals surface area contributed by atoms with Gasteiger partial charge in [-0.2, -0.15) is 5.10 Å². The number of amides is 1. The van der Waals surface area contributed by atoms with Crippen LogP contribution in [0.2, 0.25) is 0 Å². The van der Waals surface area contributed by atoms with Crippen molar-refractivity contribution in [1.82, 2.24) is 19.7 Å². The molecule has 162 valence electrons. The fourth-order valence-electron chi connectivity index (χ4n) is 3.01. The third-order valence-electron chi connectivity index (χ3n) is 4.69. The molecular weight excluding hydrogens is 426 g/mol. The zero-order valence-corrected chi connectivity index (χ0v) is 18.4. The van der Waals surface area contributed by atoms with Crippen LogP contribution >= 0.6 is 11.3 Å². The number of carbonyl (C=O) groups is 2. The van der Waals surface area contributed by atoms with E-state index in [-0.39, 0.29) is 18.9 Å². The molecule has 0 spiro atoms. The van der Waals surface area contributed by atoms with E-state index in [9.17, 15) is 9.59 Å². The van der Waals surface area contributed by atoms with Gasteiger partial charge in [0.2, 0.25) is 5.91 Å². The molecule has 0 unspecified atom stereocenters. The molecule has 1 amide bonds. The van der Waals surface area contributed by atoms with E-state index in [4.69, 9.17) is 4.74 Å². The highest BCUT2D eigenvalue weighted by Crippen LogP contribution is 2.16. The zero-order chi connectivity index (χ0) is 22.5. The first-order chi connectivity index (χ1) is 15.5. The molecule has 0 atom stereocenters. The summed E-state index contributed by atoms with van der Waals surface area (Å²) in [5.74, 6) is -0.0160. The van der Waals surface area contributed by atoms with E-state index in [0.717, 1.165) is 11.3 Å². The van der Waals surface area contributed by atoms with E-state index in [1.807, 2.05) is 43.3 Å². The number of esters is 1. The van der Waals surface area contributed by atoms with Crippen LogP contribution in [0.25, 0.3) is 5.82 Å². The van der Waals surface area contributed by atoms with E-state index in [1.54, 1.807) is 29.2 Å². The third kappa shape index (κ3) is 5.06. The number of rotatable bonds is 7. The molecule has 0 aliphatic rings. The van der Waals surface area contributed by atoms with Gasteiger partial charge in [-0.3, -0.25) is 4.79 Å². The van der Waals surface area contributed by atoms with E-state index >= 15 is 0 Å². The summed E-state index contributed by atoms with van der Waals surface area (Å²) in [6.45, 7) is 3.79. The van der Waals surface area contributed by atoms with Gasteiger partial charge >= 0.3 is 5.97 Å². The molecule has 0 saturated heterocycles. The summed E-state index contributed by atoms with van der Waals surface area (Å²) < 4.78 is 6.99. The van der Waals surface area contributed by atoms with Crippen LogP contribution in [-0.4, -0.2) is 31.6 Å². The second-order valence-corrected chi connectivity index (χ2v) is 8.09. The topological polar surface area (TPSA) is 99.0 Å². The summed E-state index contributed by atoms with van der Waals surface area (Å²) in [7, 11) is 0. The van der Waals surface area contributed by atoms with Gasteiger partial charge in [-0.1, -0.05) is 23.8 Å². The monoisotopic (exact) mass is 447 g/mol. The molecular formula is C23H21N5O3S. The van der Waals surface area contributed by atoms with Crippen LogP contribution in [0.15, 0.2) is 60.2 Å². The second kappa shape index (κ2) is 9.52. The van der Waals surface area contributed by atoms with Crippen molar-refractivity contribution in [3.8, 4) is 5.82 Å². The minimum Gasteiger partial charge on any atom is -0.455 e. The van der Waals surface area contributed by atoms with Crippen LogP contribution in [0.1, 0.15) is 32.3 Å². The molecule has 32 heavy (non-hydrogen) atoms. The summed E-state index contributed by atoms with van der Waals surface area (Å²) in [6, 6.07) is 13.1. The molecule has 9 heteroatoms. The Morgan fingerprint density at radius 2 is 1.94 bits per heavy atom. The van der Waals surface area contributed by atoms with Gasteiger partial charge in [0.1, 0.15) is 17.2 Å². The van der Waals surface area contributed by atoms with Crippen LogP contribution in [0, 0.1) is 13.8 Å². The van der Waals surface area contributed by atoms with Crippen molar-refractivity contribution >= 4 is 28.9 Å². The highest BCUT2D eigenvalue weighted by Gasteiger charge is 2.18. The summed E-state index contributed by atoms with van der Waals surface area (Å²) in [5, 5.41) is 9.52. The third-order valence-corrected chi connectivity index (χ3v) is 5.59. The lowest BCUT2D eigenvalue weighted by atomic mass is 10.2. The maximum absolute atomic E-state index is 12.5. The molecule has 0 aliphatic heterocycles. The number of nitrogens with zero attached hydrogens (tertiary/aromatic N) is 4. The Morgan fingerprint density at radius 1 is 1.12 bits per heavy atom. The van der Waals surface area contributed by atoms with Crippen molar-refractivity contribution < 1.29 is 14.3 Å². The van der Waals surface area contributed by atoms with E-state index in [0.29, 0.717) is 27.8 Å². The van der Waals surface area contributed by atoms with E-state index in [1.165, 1.54) is 17.5 Å². The van der Waals surface area contributed by atoms with Gasteiger partial charge in [-0.15, -0.1) is 11.3 Å². The summed E-state index contributed by atoms with van der Waals surface area (Å²) in [5.41, 5.74) is 3.47. The van der Waals surface area contributed by atoms with Gasteiger partial charge in [-0.25, -0.2) is 19.4 Å². The van der Waals surface area contributed by atoms with Gasteiger partial charge in [0.25, 0.3) is 0 Å². The SMILES string of the molecule is Cc1ccc(NC(=O)Cc2nc(COC(=O)c3cnn(-c4ccccn4)c3C)cs2)cc1. The lowest BCUT2D eigenvalue weighted by Crippen LogP contribution is -2.14. The van der Waals surface area contributed by atoms with Crippen LogP contribution in [0.3, 0.4) is 0 Å². The van der Waals surface area contributed by atoms with Crippen LogP contribution in [0.5, 0.6) is 0 Å². The van der Waals surface area contributed by atoms with Crippen molar-refractivity contribution in [2.24, 2.45) is 0 Å². The number of ether oxygens (including phenoxy) is 1. The van der Waals surface area contributed by atoms with Gasteiger partial charge < -0.3 is 10.1 Å². The minimum absolute atomic E-state index is 0.0170. The Labute approximate surface area is 188 Å². The minimum atomic E-state index is -0.489. The Balaban J connectivity index is 1.32. The number of pyridine rings is 1. The Hall–Kier alpha value is -3.85. The number of carbonyl (C=O) groups excluding carboxylic acids is 2. The normalized spacial score (nSPS) is 10.7. The number of hydrogen-bond donors (Lipinski definition) is 1. The molecule has 0 bridgehead atoms. The van der Waals surface area contributed by atoms with Crippen molar-refractivity contribution in [2.75, 3.05) is 5.32 Å². The number of aromatic nitrogens is 4. The highest BCUT2D eigenvalue weighted by molar-refractivity contribution is 7.09. The fourth-order valence-corrected chi connectivity index (χ4v) is 3.79. The molecule has 0 fully saturated rings. The van der Waals surface area contributed by atoms with Gasteiger partial charge in [-0.05, 0) is 38.1 Å². The molecule has 1 aromatic carbocycles. The van der Waals surface area contributed by atoms with Gasteiger partial charge in [0, 0.05) is 17.3 Å². The molecule has 0 aliphatic carbocycles. The first-order valence-corrected chi connectivity index (χ1v) is 10.8. The molecule has 8 nitrogen and oxygen atoms in total. The number of hydrogen-bond acceptors (Lipinski definition) is 7. The molecule has 1 N–H and O–H groups in total. The van der Waals surface area contributed by atoms with Crippen LogP contribution < -0.4 is 5.32 Å². The Kier molecular flexibility index (Phi) is 6.37. The quantitative estimate of drug-likeness (QED) is 0.432. The molecule has 0 radical (unpaired) electrons. The molecule has 4 aromatic rings. The largest absolute Gasteiger partial charge is 0.455 e. The molecule has 0 saturated carbocycles. The van der Waals surface area contributed by atoms with Crippen molar-refractivity contribution in [1.29, 1.82) is 0 Å². The Morgan fingerprint density at radius 3 is 2.69 bits per heavy atom. The highest BCUT2D eigenvalue weighted by atomic mass is 32.1. The maximum Gasteiger partial charge on any atom is 0.342 e. The summed E-state index contributed by atoms with van der Waals surface area (Å²) >= 11 is 1.35. The number of nitrogens with one attached hydrogen (secondary N) is 1. The lowest BCUT2D eigenvalue weighted by molar-refractivity contribution is -0.115. The lowest BCUT2D eigenvalue weighted by Gasteiger charge is -2.05. The number of benzene rings is 1. The van der Waals surface area contributed by atoms with Crippen molar-refractivity contribution in [3.63, 3.8) is 0 Å².